The summed E-state index contributed by atoms with van der Waals surface area (Å²) >= 11 is 0. The molecule has 0 bridgehead atoms. The standard InChI is InChI=1S/C26H38N2/c27-17-5-1-3-7-19-9-11-20(12-10-19)21-13-15-22(16-14-21)24-25-23(26(24)25)8-4-2-6-18-28/h3,7,9,11,13-15,17,19-20,22-27H,1-2,4-6,8,10,12,16,18,28H2/b7-3+,27-17?/t19?,20?,22?,23?,24?,25-,26?/m0/s1. The number of fused-ring (bicyclic) bond motifs is 1. The minimum atomic E-state index is 0.600. The van der Waals surface area contributed by atoms with Gasteiger partial charge in [-0.1, -0.05) is 55.4 Å². The van der Waals surface area contributed by atoms with Gasteiger partial charge < -0.3 is 11.1 Å². The molecule has 2 nitrogen and oxygen atoms in total. The number of nitrogens with two attached hydrogens (primary N) is 1. The number of rotatable bonds is 11. The van der Waals surface area contributed by atoms with E-state index < -0.39 is 0 Å². The van der Waals surface area contributed by atoms with Crippen LogP contribution in [0.25, 0.3) is 0 Å². The molecule has 4 aliphatic carbocycles. The summed E-state index contributed by atoms with van der Waals surface area (Å²) in [6.07, 6.45) is 29.6. The maximum atomic E-state index is 7.08. The minimum Gasteiger partial charge on any atom is -0.330 e. The summed E-state index contributed by atoms with van der Waals surface area (Å²) in [5, 5.41) is 7.08. The first kappa shape index (κ1) is 19.9. The molecule has 0 heterocycles. The van der Waals surface area contributed by atoms with Gasteiger partial charge in [-0.05, 0) is 98.8 Å². The van der Waals surface area contributed by atoms with Crippen LogP contribution in [0, 0.1) is 46.8 Å². The molecule has 0 spiro atoms. The van der Waals surface area contributed by atoms with Crippen molar-refractivity contribution >= 4 is 6.21 Å². The average Bonchev–Trinajstić information content (AvgIpc) is 3.64. The predicted octanol–water partition coefficient (Wildman–Crippen LogP) is 6.07. The van der Waals surface area contributed by atoms with Crippen LogP contribution in [-0.2, 0) is 0 Å². The minimum absolute atomic E-state index is 0.600. The number of unbranched alkanes of at least 4 members (excludes halogenated alkanes) is 3. The van der Waals surface area contributed by atoms with Crippen molar-refractivity contribution in [2.45, 2.75) is 57.8 Å². The van der Waals surface area contributed by atoms with Crippen LogP contribution in [0.5, 0.6) is 0 Å². The summed E-state index contributed by atoms with van der Waals surface area (Å²) in [6, 6.07) is 0. The highest BCUT2D eigenvalue weighted by atomic mass is 14.8. The Balaban J connectivity index is 1.16. The van der Waals surface area contributed by atoms with Crippen molar-refractivity contribution in [3.8, 4) is 0 Å². The second kappa shape index (κ2) is 9.39. The fraction of sp³-hybridized carbons (Fsp3) is 0.654. The number of hydrogen-bond acceptors (Lipinski definition) is 2. The van der Waals surface area contributed by atoms with Gasteiger partial charge in [0, 0.05) is 5.92 Å². The summed E-state index contributed by atoms with van der Waals surface area (Å²) in [5.74, 6) is 6.32. The molecule has 4 aliphatic rings. The van der Waals surface area contributed by atoms with Gasteiger partial charge in [0.2, 0.25) is 0 Å². The van der Waals surface area contributed by atoms with E-state index in [0.717, 1.165) is 49.0 Å². The molecular formula is C26H38N2. The predicted molar refractivity (Wildman–Crippen MR) is 119 cm³/mol. The van der Waals surface area contributed by atoms with Gasteiger partial charge in [0.25, 0.3) is 0 Å². The second-order valence-electron chi connectivity index (χ2n) is 9.44. The highest BCUT2D eigenvalue weighted by Crippen LogP contribution is 2.77. The number of hydrogen-bond donors (Lipinski definition) is 2. The van der Waals surface area contributed by atoms with Gasteiger partial charge in [0.1, 0.15) is 0 Å². The Morgan fingerprint density at radius 1 is 1.00 bits per heavy atom. The van der Waals surface area contributed by atoms with E-state index in [0.29, 0.717) is 11.8 Å². The molecule has 28 heavy (non-hydrogen) atoms. The SMILES string of the molecule is N=CCC/C=C/C1C=CC(C2=CCC(C3C4C(CCCCCN)[C@@H]34)C=C2)CC1. The Morgan fingerprint density at radius 3 is 2.57 bits per heavy atom. The van der Waals surface area contributed by atoms with E-state index in [1.54, 1.807) is 5.57 Å². The molecule has 0 saturated heterocycles. The largest absolute Gasteiger partial charge is 0.330 e. The highest BCUT2D eigenvalue weighted by molar-refractivity contribution is 5.52. The molecule has 6 unspecified atom stereocenters. The van der Waals surface area contributed by atoms with Gasteiger partial charge in [-0.15, -0.1) is 0 Å². The third-order valence-electron chi connectivity index (χ3n) is 7.63. The Kier molecular flexibility index (Phi) is 6.67. The fourth-order valence-electron chi connectivity index (χ4n) is 5.84. The Morgan fingerprint density at radius 2 is 1.89 bits per heavy atom. The molecule has 0 aromatic rings. The zero-order chi connectivity index (χ0) is 19.3. The van der Waals surface area contributed by atoms with Crippen molar-refractivity contribution in [3.05, 3.63) is 48.1 Å². The molecule has 2 heteroatoms. The Hall–Kier alpha value is -1.41. The maximum Gasteiger partial charge on any atom is 0.00152 e. The topological polar surface area (TPSA) is 49.9 Å². The molecular weight excluding hydrogens is 340 g/mol. The van der Waals surface area contributed by atoms with Crippen molar-refractivity contribution in [3.63, 3.8) is 0 Å². The van der Waals surface area contributed by atoms with E-state index >= 15 is 0 Å². The first-order chi connectivity index (χ1) is 13.8. The third-order valence-corrected chi connectivity index (χ3v) is 7.63. The molecule has 0 aromatic heterocycles. The van der Waals surface area contributed by atoms with E-state index in [1.807, 2.05) is 0 Å². The lowest BCUT2D eigenvalue weighted by Gasteiger charge is -2.26. The number of nitrogens with one attached hydrogen (secondary N) is 1. The average molecular weight is 379 g/mol. The fourth-order valence-corrected chi connectivity index (χ4v) is 5.84. The van der Waals surface area contributed by atoms with Gasteiger partial charge in [-0.2, -0.15) is 0 Å². The third kappa shape index (κ3) is 4.59. The van der Waals surface area contributed by atoms with E-state index in [2.05, 4.69) is 42.5 Å². The first-order valence-electron chi connectivity index (χ1n) is 11.8. The van der Waals surface area contributed by atoms with Crippen molar-refractivity contribution in [2.75, 3.05) is 6.54 Å². The highest BCUT2D eigenvalue weighted by Gasteiger charge is 2.73. The molecule has 0 aliphatic heterocycles. The Bertz CT molecular complexity index is 645. The van der Waals surface area contributed by atoms with E-state index in [1.165, 1.54) is 51.2 Å². The molecule has 4 rings (SSSR count). The monoisotopic (exact) mass is 378 g/mol. The van der Waals surface area contributed by atoms with Crippen LogP contribution in [0.1, 0.15) is 57.8 Å². The molecule has 0 aromatic carbocycles. The summed E-state index contributed by atoms with van der Waals surface area (Å²) in [7, 11) is 0. The maximum absolute atomic E-state index is 7.08. The van der Waals surface area contributed by atoms with Crippen LogP contribution in [0.2, 0.25) is 0 Å². The zero-order valence-electron chi connectivity index (χ0n) is 17.3. The molecule has 3 N–H and O–H groups in total. The molecule has 0 radical (unpaired) electrons. The van der Waals surface area contributed by atoms with Gasteiger partial charge in [-0.3, -0.25) is 0 Å². The summed E-state index contributed by atoms with van der Waals surface area (Å²) in [6.45, 7) is 0.862. The lowest BCUT2D eigenvalue weighted by molar-refractivity contribution is 0.360. The molecule has 152 valence electrons. The lowest BCUT2D eigenvalue weighted by atomic mass is 9.79. The van der Waals surface area contributed by atoms with Crippen molar-refractivity contribution in [1.29, 1.82) is 5.41 Å². The van der Waals surface area contributed by atoms with E-state index in [9.17, 15) is 0 Å². The van der Waals surface area contributed by atoms with Gasteiger partial charge in [-0.25, -0.2) is 0 Å². The summed E-state index contributed by atoms with van der Waals surface area (Å²) in [5.41, 5.74) is 7.15. The van der Waals surface area contributed by atoms with E-state index in [-0.39, 0.29) is 0 Å². The lowest BCUT2D eigenvalue weighted by Crippen LogP contribution is -2.15. The van der Waals surface area contributed by atoms with Crippen molar-refractivity contribution in [2.24, 2.45) is 47.2 Å². The van der Waals surface area contributed by atoms with Gasteiger partial charge in [0.05, 0.1) is 0 Å². The number of allylic oxidation sites excluding steroid dienone is 8. The summed E-state index contributed by atoms with van der Waals surface area (Å²) < 4.78 is 0. The second-order valence-corrected chi connectivity index (χ2v) is 9.44. The molecule has 2 fully saturated rings. The van der Waals surface area contributed by atoms with Crippen molar-refractivity contribution in [1.82, 2.24) is 0 Å². The van der Waals surface area contributed by atoms with Crippen LogP contribution in [-0.4, -0.2) is 12.8 Å². The zero-order valence-corrected chi connectivity index (χ0v) is 17.3. The van der Waals surface area contributed by atoms with Crippen LogP contribution < -0.4 is 5.73 Å². The molecule has 2 saturated carbocycles. The van der Waals surface area contributed by atoms with Gasteiger partial charge in [0.15, 0.2) is 0 Å². The molecule has 0 amide bonds. The Labute approximate surface area is 171 Å². The smallest absolute Gasteiger partial charge is 0.00152 e. The van der Waals surface area contributed by atoms with Crippen LogP contribution in [0.15, 0.2) is 48.1 Å². The summed E-state index contributed by atoms with van der Waals surface area (Å²) in [4.78, 5) is 0. The van der Waals surface area contributed by atoms with Crippen LogP contribution >= 0.6 is 0 Å². The van der Waals surface area contributed by atoms with Gasteiger partial charge >= 0.3 is 0 Å². The van der Waals surface area contributed by atoms with Crippen LogP contribution in [0.3, 0.4) is 0 Å². The molecule has 7 atom stereocenters. The first-order valence-corrected chi connectivity index (χ1v) is 11.8. The quantitative estimate of drug-likeness (QED) is 0.256. The van der Waals surface area contributed by atoms with Crippen LogP contribution in [0.4, 0.5) is 0 Å². The van der Waals surface area contributed by atoms with Crippen molar-refractivity contribution < 1.29 is 0 Å². The normalized spacial score (nSPS) is 38.3. The van der Waals surface area contributed by atoms with E-state index in [4.69, 9.17) is 11.1 Å².